The van der Waals surface area contributed by atoms with Gasteiger partial charge in [-0.25, -0.2) is 0 Å². The third-order valence-corrected chi connectivity index (χ3v) is 2.83. The summed E-state index contributed by atoms with van der Waals surface area (Å²) in [6, 6.07) is 8.55. The second-order valence-corrected chi connectivity index (χ2v) is 4.09. The molecular weight excluding hydrogens is 208 g/mol. The van der Waals surface area contributed by atoms with Gasteiger partial charge >= 0.3 is 0 Å². The molecule has 0 bridgehead atoms. The molecule has 1 rings (SSSR count). The summed E-state index contributed by atoms with van der Waals surface area (Å²) < 4.78 is 0. The van der Waals surface area contributed by atoms with Crippen LogP contribution in [0.15, 0.2) is 49.6 Å². The molecule has 2 nitrogen and oxygen atoms in total. The van der Waals surface area contributed by atoms with Gasteiger partial charge in [0.05, 0.1) is 0 Å². The second kappa shape index (κ2) is 6.92. The number of hydrogen-bond donors (Lipinski definition) is 1. The number of nitrogens with two attached hydrogens (primary N) is 1. The van der Waals surface area contributed by atoms with Gasteiger partial charge in [-0.3, -0.25) is 0 Å². The maximum absolute atomic E-state index is 5.99. The molecule has 1 aromatic rings. The monoisotopic (exact) mass is 230 g/mol. The van der Waals surface area contributed by atoms with Crippen LogP contribution >= 0.6 is 0 Å². The average Bonchev–Trinajstić information content (AvgIpc) is 2.38. The van der Waals surface area contributed by atoms with Crippen molar-refractivity contribution in [2.45, 2.75) is 19.4 Å². The highest BCUT2D eigenvalue weighted by atomic mass is 15.1. The Labute approximate surface area is 104 Å². The van der Waals surface area contributed by atoms with Gasteiger partial charge in [-0.1, -0.05) is 31.2 Å². The Bertz CT molecular complexity index is 344. The molecule has 2 heteroatoms. The van der Waals surface area contributed by atoms with E-state index in [0.717, 1.165) is 19.5 Å². The van der Waals surface area contributed by atoms with Crippen molar-refractivity contribution in [3.05, 3.63) is 55.1 Å². The number of anilines is 1. The minimum Gasteiger partial charge on any atom is -0.364 e. The van der Waals surface area contributed by atoms with Gasteiger partial charge in [-0.2, -0.15) is 0 Å². The van der Waals surface area contributed by atoms with Gasteiger partial charge in [-0.15, -0.1) is 13.2 Å². The van der Waals surface area contributed by atoms with Crippen LogP contribution in [-0.2, 0) is 0 Å². The molecule has 17 heavy (non-hydrogen) atoms. The molecule has 0 heterocycles. The van der Waals surface area contributed by atoms with E-state index < -0.39 is 0 Å². The Morgan fingerprint density at radius 2 is 1.71 bits per heavy atom. The Morgan fingerprint density at radius 3 is 2.12 bits per heavy atom. The fourth-order valence-corrected chi connectivity index (χ4v) is 1.77. The maximum atomic E-state index is 5.99. The lowest BCUT2D eigenvalue weighted by Crippen LogP contribution is -2.23. The van der Waals surface area contributed by atoms with Gasteiger partial charge in [0.1, 0.15) is 0 Å². The minimum atomic E-state index is 0.135. The van der Waals surface area contributed by atoms with Gasteiger partial charge in [0.15, 0.2) is 0 Å². The first-order chi connectivity index (χ1) is 8.22. The molecule has 0 fully saturated rings. The van der Waals surface area contributed by atoms with Gasteiger partial charge < -0.3 is 10.6 Å². The molecule has 0 aliphatic heterocycles. The van der Waals surface area contributed by atoms with E-state index in [0.29, 0.717) is 0 Å². The Hall–Kier alpha value is -1.54. The summed E-state index contributed by atoms with van der Waals surface area (Å²) in [6.07, 6.45) is 4.76. The van der Waals surface area contributed by atoms with Crippen molar-refractivity contribution in [1.29, 1.82) is 0 Å². The Morgan fingerprint density at radius 1 is 1.18 bits per heavy atom. The Balaban J connectivity index is 2.83. The SMILES string of the molecule is C=CCN(CC=C)c1ccc(C(N)CC)cc1. The second-order valence-electron chi connectivity index (χ2n) is 4.09. The van der Waals surface area contributed by atoms with Gasteiger partial charge in [0, 0.05) is 24.8 Å². The zero-order chi connectivity index (χ0) is 12.7. The van der Waals surface area contributed by atoms with E-state index in [1.165, 1.54) is 11.3 Å². The third-order valence-electron chi connectivity index (χ3n) is 2.83. The van der Waals surface area contributed by atoms with Gasteiger partial charge in [-0.05, 0) is 24.1 Å². The van der Waals surface area contributed by atoms with E-state index in [1.807, 2.05) is 12.2 Å². The molecule has 0 saturated heterocycles. The summed E-state index contributed by atoms with van der Waals surface area (Å²) >= 11 is 0. The fraction of sp³-hybridized carbons (Fsp3) is 0.333. The number of nitrogens with zero attached hydrogens (tertiary/aromatic N) is 1. The summed E-state index contributed by atoms with van der Waals surface area (Å²) in [5.74, 6) is 0. The number of rotatable bonds is 7. The highest BCUT2D eigenvalue weighted by Crippen LogP contribution is 2.19. The smallest absolute Gasteiger partial charge is 0.0372 e. The van der Waals surface area contributed by atoms with Crippen molar-refractivity contribution in [2.75, 3.05) is 18.0 Å². The molecule has 1 unspecified atom stereocenters. The lowest BCUT2D eigenvalue weighted by Gasteiger charge is -2.22. The zero-order valence-corrected chi connectivity index (χ0v) is 10.6. The molecular formula is C15H22N2. The lowest BCUT2D eigenvalue weighted by atomic mass is 10.1. The molecule has 0 aliphatic rings. The summed E-state index contributed by atoms with van der Waals surface area (Å²) in [7, 11) is 0. The summed E-state index contributed by atoms with van der Waals surface area (Å²) in [5.41, 5.74) is 8.36. The lowest BCUT2D eigenvalue weighted by molar-refractivity contribution is 0.698. The van der Waals surface area contributed by atoms with Crippen LogP contribution < -0.4 is 10.6 Å². The summed E-state index contributed by atoms with van der Waals surface area (Å²) in [4.78, 5) is 2.21. The highest BCUT2D eigenvalue weighted by molar-refractivity contribution is 5.49. The zero-order valence-electron chi connectivity index (χ0n) is 10.6. The van der Waals surface area contributed by atoms with Crippen LogP contribution in [0.25, 0.3) is 0 Å². The fourth-order valence-electron chi connectivity index (χ4n) is 1.77. The highest BCUT2D eigenvalue weighted by Gasteiger charge is 2.05. The minimum absolute atomic E-state index is 0.135. The van der Waals surface area contributed by atoms with Crippen LogP contribution in [0.2, 0.25) is 0 Å². The van der Waals surface area contributed by atoms with E-state index in [9.17, 15) is 0 Å². The van der Waals surface area contributed by atoms with Crippen molar-refractivity contribution >= 4 is 5.69 Å². The first kappa shape index (κ1) is 13.5. The van der Waals surface area contributed by atoms with E-state index in [4.69, 9.17) is 5.73 Å². The third kappa shape index (κ3) is 3.75. The first-order valence-corrected chi connectivity index (χ1v) is 6.05. The summed E-state index contributed by atoms with van der Waals surface area (Å²) in [6.45, 7) is 11.3. The summed E-state index contributed by atoms with van der Waals surface area (Å²) in [5, 5.41) is 0. The van der Waals surface area contributed by atoms with Crippen molar-refractivity contribution in [2.24, 2.45) is 5.73 Å². The van der Waals surface area contributed by atoms with Gasteiger partial charge in [0.2, 0.25) is 0 Å². The predicted molar refractivity (Wildman–Crippen MR) is 76.3 cm³/mol. The van der Waals surface area contributed by atoms with Crippen LogP contribution in [-0.4, -0.2) is 13.1 Å². The van der Waals surface area contributed by atoms with Gasteiger partial charge in [0.25, 0.3) is 0 Å². The number of hydrogen-bond acceptors (Lipinski definition) is 2. The molecule has 0 amide bonds. The molecule has 0 spiro atoms. The number of benzene rings is 1. The molecule has 0 radical (unpaired) electrons. The molecule has 0 aliphatic carbocycles. The predicted octanol–water partition coefficient (Wildman–Crippen LogP) is 3.27. The molecule has 1 atom stereocenters. The molecule has 2 N–H and O–H groups in total. The van der Waals surface area contributed by atoms with Crippen LogP contribution in [0.4, 0.5) is 5.69 Å². The van der Waals surface area contributed by atoms with Crippen molar-refractivity contribution in [3.8, 4) is 0 Å². The molecule has 1 aromatic carbocycles. The van der Waals surface area contributed by atoms with E-state index in [-0.39, 0.29) is 6.04 Å². The molecule has 92 valence electrons. The molecule has 0 saturated carbocycles. The first-order valence-electron chi connectivity index (χ1n) is 6.05. The molecule has 0 aromatic heterocycles. The van der Waals surface area contributed by atoms with Crippen LogP contribution in [0, 0.1) is 0 Å². The Kier molecular flexibility index (Phi) is 5.50. The normalized spacial score (nSPS) is 11.9. The topological polar surface area (TPSA) is 29.3 Å². The van der Waals surface area contributed by atoms with E-state index in [2.05, 4.69) is 49.2 Å². The van der Waals surface area contributed by atoms with E-state index >= 15 is 0 Å². The van der Waals surface area contributed by atoms with Crippen molar-refractivity contribution in [3.63, 3.8) is 0 Å². The van der Waals surface area contributed by atoms with Crippen LogP contribution in [0.3, 0.4) is 0 Å². The van der Waals surface area contributed by atoms with E-state index in [1.54, 1.807) is 0 Å². The standard InChI is InChI=1S/C15H22N2/c1-4-11-17(12-5-2)14-9-7-13(8-10-14)15(16)6-3/h4-5,7-10,15H,1-2,6,11-12,16H2,3H3. The van der Waals surface area contributed by atoms with Crippen molar-refractivity contribution in [1.82, 2.24) is 0 Å². The maximum Gasteiger partial charge on any atom is 0.0372 e. The van der Waals surface area contributed by atoms with Crippen molar-refractivity contribution < 1.29 is 0 Å². The average molecular weight is 230 g/mol. The van der Waals surface area contributed by atoms with Crippen LogP contribution in [0.5, 0.6) is 0 Å². The largest absolute Gasteiger partial charge is 0.364 e. The quantitative estimate of drug-likeness (QED) is 0.728. The van der Waals surface area contributed by atoms with Crippen LogP contribution in [0.1, 0.15) is 24.9 Å².